The van der Waals surface area contributed by atoms with Gasteiger partial charge in [-0.1, -0.05) is 18.7 Å². The zero-order chi connectivity index (χ0) is 16.3. The number of carbonyl (C=O) groups is 1. The molecule has 0 saturated heterocycles. The minimum absolute atomic E-state index is 0.0348. The summed E-state index contributed by atoms with van der Waals surface area (Å²) in [5.41, 5.74) is 0.939. The van der Waals surface area contributed by atoms with E-state index < -0.39 is 10.0 Å². The summed E-state index contributed by atoms with van der Waals surface area (Å²) >= 11 is 0. The van der Waals surface area contributed by atoms with Gasteiger partial charge in [0, 0.05) is 11.1 Å². The molecule has 114 valence electrons. The van der Waals surface area contributed by atoms with Gasteiger partial charge < -0.3 is 0 Å². The Morgan fingerprint density at radius 1 is 1.36 bits per heavy atom. The number of hydrogen-bond acceptors (Lipinski definition) is 4. The van der Waals surface area contributed by atoms with E-state index in [2.05, 4.69) is 11.6 Å². The van der Waals surface area contributed by atoms with Crippen LogP contribution in [0.3, 0.4) is 0 Å². The monoisotopic (exact) mass is 316 g/mol. The minimum Gasteiger partial charge on any atom is -0.296 e. The summed E-state index contributed by atoms with van der Waals surface area (Å²) in [6.07, 6.45) is 6.34. The summed E-state index contributed by atoms with van der Waals surface area (Å²) in [5, 5.41) is 0.592. The van der Waals surface area contributed by atoms with Crippen LogP contribution < -0.4 is 0 Å². The van der Waals surface area contributed by atoms with Crippen molar-refractivity contribution in [2.45, 2.75) is 13.8 Å². The number of fused-ring (bicyclic) bond motifs is 1. The van der Waals surface area contributed by atoms with Gasteiger partial charge in [0.2, 0.25) is 0 Å². The maximum atomic E-state index is 12.9. The van der Waals surface area contributed by atoms with Crippen LogP contribution in [0.25, 0.3) is 11.0 Å². The van der Waals surface area contributed by atoms with Crippen molar-refractivity contribution in [3.63, 3.8) is 0 Å². The molecule has 0 amide bonds. The normalized spacial score (nSPS) is 12.9. The van der Waals surface area contributed by atoms with E-state index >= 15 is 0 Å². The third-order valence-corrected chi connectivity index (χ3v) is 4.78. The van der Waals surface area contributed by atoms with Crippen LogP contribution >= 0.6 is 0 Å². The van der Waals surface area contributed by atoms with Gasteiger partial charge in [-0.25, -0.2) is 17.4 Å². The molecule has 5 nitrogen and oxygen atoms in total. The maximum Gasteiger partial charge on any atom is 0.270 e. The van der Waals surface area contributed by atoms with Gasteiger partial charge in [-0.05, 0) is 44.2 Å². The zero-order valence-corrected chi connectivity index (χ0v) is 13.2. The van der Waals surface area contributed by atoms with Crippen molar-refractivity contribution in [3.05, 3.63) is 65.4 Å². The molecule has 2 aromatic rings. The first-order valence-corrected chi connectivity index (χ1v) is 8.05. The van der Waals surface area contributed by atoms with Crippen molar-refractivity contribution in [1.29, 1.82) is 0 Å². The average molecular weight is 316 g/mol. The predicted octanol–water partition coefficient (Wildman–Crippen LogP) is 2.98. The molecule has 0 unspecified atom stereocenters. The molecule has 2 rings (SSSR count). The highest BCUT2D eigenvalue weighted by Gasteiger charge is 2.24. The van der Waals surface area contributed by atoms with E-state index in [9.17, 15) is 13.2 Å². The standard InChI is InChI=1S/C16H16N2O3S/c1-4-6-15(7-5-2)22(20,21)18-14(11-19)10-13-9-8-12(3)17-16(13)18/h4-11H,1H2,2-3H3/b7-5-,15-6+. The van der Waals surface area contributed by atoms with Crippen LogP contribution in [0, 0.1) is 6.92 Å². The largest absolute Gasteiger partial charge is 0.296 e. The number of aldehydes is 1. The molecule has 0 radical (unpaired) electrons. The summed E-state index contributed by atoms with van der Waals surface area (Å²) < 4.78 is 26.7. The van der Waals surface area contributed by atoms with E-state index in [-0.39, 0.29) is 16.2 Å². The van der Waals surface area contributed by atoms with Crippen LogP contribution in [0.2, 0.25) is 0 Å². The molecule has 0 saturated carbocycles. The quantitative estimate of drug-likeness (QED) is 0.628. The Balaban J connectivity index is 2.87. The van der Waals surface area contributed by atoms with Crippen molar-refractivity contribution in [2.75, 3.05) is 0 Å². The molecule has 0 aliphatic heterocycles. The first-order chi connectivity index (χ1) is 10.5. The molecule has 0 N–H and O–H groups in total. The van der Waals surface area contributed by atoms with Crippen molar-refractivity contribution in [1.82, 2.24) is 8.96 Å². The Labute approximate surface area is 129 Å². The molecule has 6 heteroatoms. The number of hydrogen-bond donors (Lipinski definition) is 0. The van der Waals surface area contributed by atoms with Gasteiger partial charge in [-0.3, -0.25) is 4.79 Å². The minimum atomic E-state index is -3.94. The van der Waals surface area contributed by atoms with Crippen molar-refractivity contribution in [2.24, 2.45) is 0 Å². The van der Waals surface area contributed by atoms with E-state index in [0.717, 1.165) is 3.97 Å². The van der Waals surface area contributed by atoms with E-state index in [0.29, 0.717) is 17.4 Å². The highest BCUT2D eigenvalue weighted by Crippen LogP contribution is 2.24. The number of pyridine rings is 1. The summed E-state index contributed by atoms with van der Waals surface area (Å²) in [6, 6.07) is 5.01. The van der Waals surface area contributed by atoms with Gasteiger partial charge >= 0.3 is 0 Å². The predicted molar refractivity (Wildman–Crippen MR) is 87.3 cm³/mol. The molecule has 0 bridgehead atoms. The molecule has 0 aliphatic rings. The molecule has 0 aromatic carbocycles. The summed E-state index contributed by atoms with van der Waals surface area (Å²) in [4.78, 5) is 15.6. The van der Waals surface area contributed by atoms with E-state index in [1.165, 1.54) is 24.3 Å². The molecular weight excluding hydrogens is 300 g/mol. The summed E-state index contributed by atoms with van der Waals surface area (Å²) in [5.74, 6) is 0. The second kappa shape index (κ2) is 6.11. The summed E-state index contributed by atoms with van der Waals surface area (Å²) in [6.45, 7) is 7.00. The number of carbonyl (C=O) groups excluding carboxylic acids is 1. The van der Waals surface area contributed by atoms with Crippen molar-refractivity contribution in [3.8, 4) is 0 Å². The van der Waals surface area contributed by atoms with Crippen LogP contribution in [-0.2, 0) is 10.0 Å². The Hall–Kier alpha value is -2.47. The number of aromatic nitrogens is 2. The first-order valence-electron chi connectivity index (χ1n) is 6.61. The van der Waals surface area contributed by atoms with Crippen molar-refractivity contribution < 1.29 is 13.2 Å². The molecule has 2 heterocycles. The van der Waals surface area contributed by atoms with E-state index in [1.807, 2.05) is 0 Å². The topological polar surface area (TPSA) is 69.0 Å². The molecule has 0 atom stereocenters. The SMILES string of the molecule is C=C/C=C(\C=C/C)S(=O)(=O)n1c(C=O)cc2ccc(C)nc21. The fraction of sp³-hybridized carbons (Fsp3) is 0.125. The highest BCUT2D eigenvalue weighted by molar-refractivity contribution is 7.94. The van der Waals surface area contributed by atoms with Gasteiger partial charge in [0.25, 0.3) is 10.0 Å². The molecule has 0 fully saturated rings. The number of allylic oxidation sites excluding steroid dienone is 4. The molecule has 2 aromatic heterocycles. The van der Waals surface area contributed by atoms with Crippen LogP contribution in [0.1, 0.15) is 23.1 Å². The fourth-order valence-electron chi connectivity index (χ4n) is 2.12. The molecule has 22 heavy (non-hydrogen) atoms. The van der Waals surface area contributed by atoms with Crippen molar-refractivity contribution >= 4 is 27.3 Å². The van der Waals surface area contributed by atoms with Gasteiger partial charge in [0.15, 0.2) is 11.9 Å². The third-order valence-electron chi connectivity index (χ3n) is 3.05. The van der Waals surface area contributed by atoms with Gasteiger partial charge in [-0.15, -0.1) is 0 Å². The van der Waals surface area contributed by atoms with E-state index in [1.54, 1.807) is 32.1 Å². The smallest absolute Gasteiger partial charge is 0.270 e. The van der Waals surface area contributed by atoms with Crippen LogP contribution in [0.4, 0.5) is 0 Å². The highest BCUT2D eigenvalue weighted by atomic mass is 32.2. The lowest BCUT2D eigenvalue weighted by Crippen LogP contribution is -2.17. The zero-order valence-electron chi connectivity index (χ0n) is 12.4. The van der Waals surface area contributed by atoms with Crippen LogP contribution in [0.15, 0.2) is 54.0 Å². The first kappa shape index (κ1) is 15.9. The number of rotatable bonds is 5. The molecular formula is C16H16N2O3S. The Morgan fingerprint density at radius 3 is 2.68 bits per heavy atom. The van der Waals surface area contributed by atoms with Crippen LogP contribution in [0.5, 0.6) is 0 Å². The second-order valence-electron chi connectivity index (χ2n) is 4.63. The Kier molecular flexibility index (Phi) is 4.42. The number of nitrogens with zero attached hydrogens (tertiary/aromatic N) is 2. The lowest BCUT2D eigenvalue weighted by molar-refractivity contribution is 0.111. The molecule has 0 aliphatic carbocycles. The fourth-order valence-corrected chi connectivity index (χ4v) is 3.65. The Morgan fingerprint density at radius 2 is 2.09 bits per heavy atom. The van der Waals surface area contributed by atoms with E-state index in [4.69, 9.17) is 0 Å². The second-order valence-corrected chi connectivity index (χ2v) is 6.41. The molecule has 0 spiro atoms. The lowest BCUT2D eigenvalue weighted by Gasteiger charge is -2.09. The number of aryl methyl sites for hydroxylation is 1. The van der Waals surface area contributed by atoms with Gasteiger partial charge in [0.05, 0.1) is 10.6 Å². The lowest BCUT2D eigenvalue weighted by atomic mass is 10.3. The van der Waals surface area contributed by atoms with Crippen LogP contribution in [-0.4, -0.2) is 23.7 Å². The van der Waals surface area contributed by atoms with Gasteiger partial charge in [-0.2, -0.15) is 0 Å². The maximum absolute atomic E-state index is 12.9. The summed E-state index contributed by atoms with van der Waals surface area (Å²) in [7, 11) is -3.94. The van der Waals surface area contributed by atoms with Gasteiger partial charge in [0.1, 0.15) is 0 Å². The Bertz CT molecular complexity index is 903. The third kappa shape index (κ3) is 2.65. The average Bonchev–Trinajstić information content (AvgIpc) is 2.85.